The molecule has 6 heteroatoms. The van der Waals surface area contributed by atoms with Crippen molar-refractivity contribution in [2.24, 2.45) is 4.99 Å². The van der Waals surface area contributed by atoms with Crippen LogP contribution in [0.25, 0.3) is 16.1 Å². The van der Waals surface area contributed by atoms with E-state index in [1.807, 2.05) is 36.1 Å². The Balaban J connectivity index is 1.64. The van der Waals surface area contributed by atoms with Crippen LogP contribution in [0.4, 0.5) is 11.6 Å². The van der Waals surface area contributed by atoms with E-state index in [-0.39, 0.29) is 0 Å². The van der Waals surface area contributed by atoms with Gasteiger partial charge in [-0.1, -0.05) is 6.08 Å². The average molecular weight is 333 g/mol. The zero-order chi connectivity index (χ0) is 16.4. The first-order valence-electron chi connectivity index (χ1n) is 7.59. The van der Waals surface area contributed by atoms with Crippen LogP contribution in [0.15, 0.2) is 53.2 Å². The summed E-state index contributed by atoms with van der Waals surface area (Å²) >= 11 is 1.58. The van der Waals surface area contributed by atoms with Crippen molar-refractivity contribution in [3.05, 3.63) is 59.4 Å². The van der Waals surface area contributed by atoms with Crippen molar-refractivity contribution in [2.75, 3.05) is 11.9 Å². The van der Waals surface area contributed by atoms with E-state index in [0.29, 0.717) is 0 Å². The van der Waals surface area contributed by atoms with Gasteiger partial charge in [-0.05, 0) is 47.9 Å². The molecule has 0 atom stereocenters. The third kappa shape index (κ3) is 3.09. The molecule has 0 amide bonds. The molecule has 0 aromatic carbocycles. The number of rotatable bonds is 4. The SMILES string of the molecule is Cc1cc(Nc2cc(C3=CCN=C3)ccn2)nc(-c2cncs2)c1. The molecule has 1 aliphatic rings. The van der Waals surface area contributed by atoms with E-state index in [2.05, 4.69) is 44.3 Å². The first-order valence-corrected chi connectivity index (χ1v) is 8.47. The molecule has 0 spiro atoms. The summed E-state index contributed by atoms with van der Waals surface area (Å²) in [4.78, 5) is 18.5. The fourth-order valence-corrected chi connectivity index (χ4v) is 3.14. The third-order valence-electron chi connectivity index (χ3n) is 3.65. The van der Waals surface area contributed by atoms with Gasteiger partial charge in [0.2, 0.25) is 0 Å². The second-order valence-corrected chi connectivity index (χ2v) is 6.38. The smallest absolute Gasteiger partial charge is 0.132 e. The molecule has 24 heavy (non-hydrogen) atoms. The van der Waals surface area contributed by atoms with Crippen LogP contribution >= 0.6 is 11.3 Å². The van der Waals surface area contributed by atoms with Gasteiger partial charge in [0.15, 0.2) is 0 Å². The zero-order valence-corrected chi connectivity index (χ0v) is 13.9. The quantitative estimate of drug-likeness (QED) is 0.780. The Hall–Kier alpha value is -2.86. The second-order valence-electron chi connectivity index (χ2n) is 5.49. The Morgan fingerprint density at radius 2 is 2.12 bits per heavy atom. The van der Waals surface area contributed by atoms with E-state index < -0.39 is 0 Å². The highest BCUT2D eigenvalue weighted by molar-refractivity contribution is 7.13. The van der Waals surface area contributed by atoms with Crippen LogP contribution in [-0.2, 0) is 0 Å². The molecule has 3 aromatic rings. The molecule has 0 radical (unpaired) electrons. The van der Waals surface area contributed by atoms with E-state index in [1.165, 1.54) is 0 Å². The number of thiazole rings is 1. The number of allylic oxidation sites excluding steroid dienone is 1. The molecule has 1 N–H and O–H groups in total. The minimum absolute atomic E-state index is 0.748. The van der Waals surface area contributed by atoms with Crippen molar-refractivity contribution in [1.82, 2.24) is 15.0 Å². The number of hydrogen-bond acceptors (Lipinski definition) is 6. The minimum atomic E-state index is 0.748. The monoisotopic (exact) mass is 333 g/mol. The number of nitrogens with zero attached hydrogens (tertiary/aromatic N) is 4. The van der Waals surface area contributed by atoms with Gasteiger partial charge in [0.25, 0.3) is 0 Å². The average Bonchev–Trinajstić information content (AvgIpc) is 3.28. The van der Waals surface area contributed by atoms with Gasteiger partial charge in [0, 0.05) is 18.6 Å². The number of aryl methyl sites for hydroxylation is 1. The van der Waals surface area contributed by atoms with E-state index >= 15 is 0 Å². The maximum absolute atomic E-state index is 4.68. The first kappa shape index (κ1) is 14.7. The lowest BCUT2D eigenvalue weighted by atomic mass is 10.1. The predicted octanol–water partition coefficient (Wildman–Crippen LogP) is 4.12. The van der Waals surface area contributed by atoms with Crippen molar-refractivity contribution in [2.45, 2.75) is 6.92 Å². The van der Waals surface area contributed by atoms with E-state index in [0.717, 1.165) is 45.5 Å². The molecule has 0 unspecified atom stereocenters. The summed E-state index contributed by atoms with van der Waals surface area (Å²) in [6, 6.07) is 8.07. The standard InChI is InChI=1S/C18H15N5S/c1-12-6-15(16-10-20-11-24-16)22-18(7-12)23-17-8-13(3-5-21-17)14-2-4-19-9-14/h2-3,5-11H,4H2,1H3,(H,21,22,23). The van der Waals surface area contributed by atoms with Crippen LogP contribution in [0.2, 0.25) is 0 Å². The summed E-state index contributed by atoms with van der Waals surface area (Å²) in [5.41, 5.74) is 6.10. The summed E-state index contributed by atoms with van der Waals surface area (Å²) in [5, 5.41) is 3.30. The molecule has 0 fully saturated rings. The van der Waals surface area contributed by atoms with Crippen molar-refractivity contribution < 1.29 is 0 Å². The summed E-state index contributed by atoms with van der Waals surface area (Å²) in [5.74, 6) is 1.54. The lowest BCUT2D eigenvalue weighted by molar-refractivity contribution is 1.24. The Morgan fingerprint density at radius 3 is 2.92 bits per heavy atom. The predicted molar refractivity (Wildman–Crippen MR) is 98.9 cm³/mol. The Morgan fingerprint density at radius 1 is 1.17 bits per heavy atom. The molecule has 0 bridgehead atoms. The molecule has 1 aliphatic heterocycles. The van der Waals surface area contributed by atoms with Gasteiger partial charge >= 0.3 is 0 Å². The lowest BCUT2D eigenvalue weighted by Gasteiger charge is -2.09. The minimum Gasteiger partial charge on any atom is -0.325 e. The van der Waals surface area contributed by atoms with Gasteiger partial charge in [0.05, 0.1) is 22.6 Å². The highest BCUT2D eigenvalue weighted by atomic mass is 32.1. The van der Waals surface area contributed by atoms with Crippen LogP contribution in [0.5, 0.6) is 0 Å². The Labute approximate surface area is 143 Å². The van der Waals surface area contributed by atoms with Crippen LogP contribution < -0.4 is 5.32 Å². The molecular formula is C18H15N5S. The van der Waals surface area contributed by atoms with Gasteiger partial charge in [0.1, 0.15) is 11.6 Å². The van der Waals surface area contributed by atoms with Crippen molar-refractivity contribution in [3.8, 4) is 10.6 Å². The maximum Gasteiger partial charge on any atom is 0.132 e. The van der Waals surface area contributed by atoms with E-state index in [1.54, 1.807) is 17.5 Å². The fourth-order valence-electron chi connectivity index (χ4n) is 2.56. The fraction of sp³-hybridized carbons (Fsp3) is 0.111. The van der Waals surface area contributed by atoms with Crippen molar-refractivity contribution in [1.29, 1.82) is 0 Å². The maximum atomic E-state index is 4.68. The van der Waals surface area contributed by atoms with Crippen LogP contribution in [0.3, 0.4) is 0 Å². The van der Waals surface area contributed by atoms with E-state index in [9.17, 15) is 0 Å². The summed E-state index contributed by atoms with van der Waals surface area (Å²) in [7, 11) is 0. The first-order chi connectivity index (χ1) is 11.8. The molecule has 4 rings (SSSR count). The third-order valence-corrected chi connectivity index (χ3v) is 4.45. The number of aliphatic imine (C=N–C) groups is 1. The van der Waals surface area contributed by atoms with Gasteiger partial charge in [-0.25, -0.2) is 9.97 Å². The van der Waals surface area contributed by atoms with Gasteiger partial charge in [-0.3, -0.25) is 9.98 Å². The van der Waals surface area contributed by atoms with Crippen LogP contribution in [-0.4, -0.2) is 27.7 Å². The molecule has 3 aromatic heterocycles. The molecule has 5 nitrogen and oxygen atoms in total. The summed E-state index contributed by atoms with van der Waals surface area (Å²) in [6.45, 7) is 2.80. The van der Waals surface area contributed by atoms with E-state index in [4.69, 9.17) is 0 Å². The second kappa shape index (κ2) is 6.33. The lowest BCUT2D eigenvalue weighted by Crippen LogP contribution is -1.98. The van der Waals surface area contributed by atoms with Gasteiger partial charge < -0.3 is 5.32 Å². The summed E-state index contributed by atoms with van der Waals surface area (Å²) < 4.78 is 0. The number of anilines is 2. The molecular weight excluding hydrogens is 318 g/mol. The van der Waals surface area contributed by atoms with Crippen molar-refractivity contribution in [3.63, 3.8) is 0 Å². The molecule has 0 aliphatic carbocycles. The number of pyridine rings is 2. The number of aromatic nitrogens is 3. The molecule has 118 valence electrons. The highest BCUT2D eigenvalue weighted by Crippen LogP contribution is 2.26. The van der Waals surface area contributed by atoms with Gasteiger partial charge in [-0.2, -0.15) is 0 Å². The molecule has 0 saturated carbocycles. The molecule has 4 heterocycles. The molecule has 0 saturated heterocycles. The number of hydrogen-bond donors (Lipinski definition) is 1. The topological polar surface area (TPSA) is 63.1 Å². The zero-order valence-electron chi connectivity index (χ0n) is 13.1. The van der Waals surface area contributed by atoms with Crippen molar-refractivity contribution >= 4 is 34.8 Å². The highest BCUT2D eigenvalue weighted by Gasteiger charge is 2.08. The normalized spacial score (nSPS) is 13.1. The van der Waals surface area contributed by atoms with Gasteiger partial charge in [-0.15, -0.1) is 11.3 Å². The largest absolute Gasteiger partial charge is 0.325 e. The summed E-state index contributed by atoms with van der Waals surface area (Å²) in [6.07, 6.45) is 7.63. The number of nitrogens with one attached hydrogen (secondary N) is 1. The van der Waals surface area contributed by atoms with Crippen LogP contribution in [0.1, 0.15) is 11.1 Å². The Kier molecular flexibility index (Phi) is 3.88. The van der Waals surface area contributed by atoms with Crippen LogP contribution in [0, 0.1) is 6.92 Å². The Bertz CT molecular complexity index is 928.